The van der Waals surface area contributed by atoms with Gasteiger partial charge in [0.05, 0.1) is 14.2 Å². The van der Waals surface area contributed by atoms with E-state index in [1.54, 1.807) is 42.5 Å². The first kappa shape index (κ1) is 19.1. The van der Waals surface area contributed by atoms with Crippen molar-refractivity contribution in [3.8, 4) is 11.5 Å². The first-order chi connectivity index (χ1) is 12.5. The molecule has 0 saturated carbocycles. The van der Waals surface area contributed by atoms with E-state index < -0.39 is 5.97 Å². The van der Waals surface area contributed by atoms with E-state index >= 15 is 0 Å². The summed E-state index contributed by atoms with van der Waals surface area (Å²) in [6.45, 7) is -0.198. The third-order valence-electron chi connectivity index (χ3n) is 3.52. The Morgan fingerprint density at radius 1 is 1.00 bits per heavy atom. The van der Waals surface area contributed by atoms with Gasteiger partial charge in [-0.25, -0.2) is 0 Å². The van der Waals surface area contributed by atoms with Gasteiger partial charge in [-0.15, -0.1) is 0 Å². The Labute approximate surface area is 151 Å². The van der Waals surface area contributed by atoms with Crippen LogP contribution in [0, 0.1) is 0 Å². The Morgan fingerprint density at radius 3 is 2.15 bits per heavy atom. The Balaban J connectivity index is 1.84. The number of methoxy groups -OCH3 is 2. The van der Waals surface area contributed by atoms with Crippen molar-refractivity contribution >= 4 is 17.6 Å². The highest BCUT2D eigenvalue weighted by Gasteiger charge is 2.10. The molecule has 0 bridgehead atoms. The number of ether oxygens (including phenoxy) is 3. The highest BCUT2D eigenvalue weighted by Crippen LogP contribution is 2.22. The molecule has 4 N–H and O–H groups in total. The number of hydrazine groups is 1. The number of anilines is 1. The number of esters is 1. The van der Waals surface area contributed by atoms with Gasteiger partial charge in [-0.3, -0.25) is 15.4 Å². The third-order valence-corrected chi connectivity index (χ3v) is 3.52. The normalized spacial score (nSPS) is 9.96. The molecule has 0 fully saturated rings. The van der Waals surface area contributed by atoms with Crippen LogP contribution in [0.4, 0.5) is 5.69 Å². The molecule has 8 heteroatoms. The summed E-state index contributed by atoms with van der Waals surface area (Å²) in [5, 5.41) is 2.50. The highest BCUT2D eigenvalue weighted by molar-refractivity contribution is 5.96. The maximum absolute atomic E-state index is 12.0. The minimum absolute atomic E-state index is 0.0408. The third kappa shape index (κ3) is 5.38. The number of nitrogens with two attached hydrogens (primary N) is 1. The first-order valence-electron chi connectivity index (χ1n) is 7.78. The molecular weight excluding hydrogens is 338 g/mol. The fraction of sp³-hybridized carbons (Fsp3) is 0.222. The number of nitrogens with one attached hydrogen (secondary N) is 2. The van der Waals surface area contributed by atoms with Crippen molar-refractivity contribution in [2.75, 3.05) is 26.2 Å². The molecule has 0 aromatic heterocycles. The number of amides is 1. The van der Waals surface area contributed by atoms with E-state index in [9.17, 15) is 9.59 Å². The molecular formula is C18H21N3O5. The van der Waals surface area contributed by atoms with E-state index in [4.69, 9.17) is 20.1 Å². The second-order valence-corrected chi connectivity index (χ2v) is 5.29. The SMILES string of the molecule is COc1cc(COC(=O)CNC(=O)c2ccc(NN)cc2)cc(OC)c1. The quantitative estimate of drug-likeness (QED) is 0.372. The van der Waals surface area contributed by atoms with E-state index in [1.807, 2.05) is 0 Å². The summed E-state index contributed by atoms with van der Waals surface area (Å²) in [6, 6.07) is 11.7. The van der Waals surface area contributed by atoms with E-state index in [0.717, 1.165) is 0 Å². The molecule has 0 heterocycles. The fourth-order valence-corrected chi connectivity index (χ4v) is 2.14. The van der Waals surface area contributed by atoms with Crippen molar-refractivity contribution in [2.45, 2.75) is 6.61 Å². The standard InChI is InChI=1S/C18H21N3O5/c1-24-15-7-12(8-16(9-15)25-2)11-26-17(22)10-20-18(23)13-3-5-14(21-19)6-4-13/h3-9,21H,10-11,19H2,1-2H3,(H,20,23). The molecule has 0 aliphatic rings. The van der Waals surface area contributed by atoms with Gasteiger partial charge in [0.1, 0.15) is 24.7 Å². The van der Waals surface area contributed by atoms with Crippen molar-refractivity contribution in [1.82, 2.24) is 5.32 Å². The molecule has 0 aliphatic carbocycles. The molecule has 0 spiro atoms. The number of carbonyl (C=O) groups is 2. The maximum atomic E-state index is 12.0. The lowest BCUT2D eigenvalue weighted by molar-refractivity contribution is -0.143. The first-order valence-corrected chi connectivity index (χ1v) is 7.78. The summed E-state index contributed by atoms with van der Waals surface area (Å²) >= 11 is 0. The lowest BCUT2D eigenvalue weighted by Gasteiger charge is -2.10. The number of benzene rings is 2. The summed E-state index contributed by atoms with van der Waals surface area (Å²) in [5.74, 6) is 5.52. The summed E-state index contributed by atoms with van der Waals surface area (Å²) in [5.41, 5.74) is 4.27. The highest BCUT2D eigenvalue weighted by atomic mass is 16.5. The minimum Gasteiger partial charge on any atom is -0.497 e. The number of hydrogen-bond acceptors (Lipinski definition) is 7. The number of carbonyl (C=O) groups excluding carboxylic acids is 2. The van der Waals surface area contributed by atoms with Gasteiger partial charge in [0, 0.05) is 17.3 Å². The molecule has 2 rings (SSSR count). The smallest absolute Gasteiger partial charge is 0.325 e. The predicted molar refractivity (Wildman–Crippen MR) is 95.9 cm³/mol. The van der Waals surface area contributed by atoms with Crippen LogP contribution >= 0.6 is 0 Å². The molecule has 1 amide bonds. The molecule has 8 nitrogen and oxygen atoms in total. The summed E-state index contributed by atoms with van der Waals surface area (Å²) in [7, 11) is 3.08. The van der Waals surface area contributed by atoms with E-state index in [1.165, 1.54) is 14.2 Å². The largest absolute Gasteiger partial charge is 0.497 e. The van der Waals surface area contributed by atoms with Gasteiger partial charge < -0.3 is 25.0 Å². The Hall–Kier alpha value is -3.26. The van der Waals surface area contributed by atoms with Crippen LogP contribution in [0.2, 0.25) is 0 Å². The van der Waals surface area contributed by atoms with Crippen molar-refractivity contribution in [3.63, 3.8) is 0 Å². The van der Waals surface area contributed by atoms with Crippen LogP contribution in [-0.2, 0) is 16.1 Å². The fourth-order valence-electron chi connectivity index (χ4n) is 2.14. The Kier molecular flexibility index (Phi) is 6.81. The topological polar surface area (TPSA) is 112 Å². The zero-order chi connectivity index (χ0) is 18.9. The average molecular weight is 359 g/mol. The van der Waals surface area contributed by atoms with Gasteiger partial charge in [0.25, 0.3) is 5.91 Å². The molecule has 0 radical (unpaired) electrons. The number of rotatable bonds is 8. The Morgan fingerprint density at radius 2 is 1.62 bits per heavy atom. The molecule has 138 valence electrons. The zero-order valence-corrected chi connectivity index (χ0v) is 14.6. The van der Waals surface area contributed by atoms with Crippen molar-refractivity contribution in [1.29, 1.82) is 0 Å². The van der Waals surface area contributed by atoms with Crippen molar-refractivity contribution < 1.29 is 23.8 Å². The zero-order valence-electron chi connectivity index (χ0n) is 14.6. The van der Waals surface area contributed by atoms with Crippen LogP contribution in [0.3, 0.4) is 0 Å². The van der Waals surface area contributed by atoms with Crippen LogP contribution in [-0.4, -0.2) is 32.6 Å². The summed E-state index contributed by atoms with van der Waals surface area (Å²) < 4.78 is 15.5. The number of hydrogen-bond donors (Lipinski definition) is 3. The monoisotopic (exact) mass is 359 g/mol. The van der Waals surface area contributed by atoms with Crippen LogP contribution in [0.5, 0.6) is 11.5 Å². The van der Waals surface area contributed by atoms with Gasteiger partial charge in [0.15, 0.2) is 0 Å². The van der Waals surface area contributed by atoms with Crippen molar-refractivity contribution in [3.05, 3.63) is 53.6 Å². The predicted octanol–water partition coefficient (Wildman–Crippen LogP) is 1.46. The molecule has 0 unspecified atom stereocenters. The van der Waals surface area contributed by atoms with Crippen molar-refractivity contribution in [2.24, 2.45) is 5.84 Å². The lowest BCUT2D eigenvalue weighted by atomic mass is 10.2. The summed E-state index contributed by atoms with van der Waals surface area (Å²) in [6.07, 6.45) is 0. The maximum Gasteiger partial charge on any atom is 0.325 e. The molecule has 0 atom stereocenters. The minimum atomic E-state index is -0.555. The van der Waals surface area contributed by atoms with Gasteiger partial charge in [-0.1, -0.05) is 0 Å². The van der Waals surface area contributed by atoms with Crippen LogP contribution < -0.4 is 26.1 Å². The molecule has 26 heavy (non-hydrogen) atoms. The lowest BCUT2D eigenvalue weighted by Crippen LogP contribution is -2.30. The number of nitrogen functional groups attached to an aromatic ring is 1. The molecule has 2 aromatic carbocycles. The van der Waals surface area contributed by atoms with Crippen LogP contribution in [0.15, 0.2) is 42.5 Å². The van der Waals surface area contributed by atoms with Crippen LogP contribution in [0.1, 0.15) is 15.9 Å². The van der Waals surface area contributed by atoms with Gasteiger partial charge in [0.2, 0.25) is 0 Å². The molecule has 0 aliphatic heterocycles. The second kappa shape index (κ2) is 9.28. The van der Waals surface area contributed by atoms with Crippen LogP contribution in [0.25, 0.3) is 0 Å². The van der Waals surface area contributed by atoms with E-state index in [0.29, 0.717) is 28.3 Å². The van der Waals surface area contributed by atoms with Gasteiger partial charge >= 0.3 is 5.97 Å². The molecule has 0 saturated heterocycles. The van der Waals surface area contributed by atoms with Gasteiger partial charge in [-0.05, 0) is 42.0 Å². The second-order valence-electron chi connectivity index (χ2n) is 5.29. The van der Waals surface area contributed by atoms with E-state index in [-0.39, 0.29) is 19.1 Å². The Bertz CT molecular complexity index is 740. The summed E-state index contributed by atoms with van der Waals surface area (Å²) in [4.78, 5) is 23.8. The average Bonchev–Trinajstić information content (AvgIpc) is 2.70. The van der Waals surface area contributed by atoms with Gasteiger partial charge in [-0.2, -0.15) is 0 Å². The van der Waals surface area contributed by atoms with E-state index in [2.05, 4.69) is 10.7 Å². The molecule has 2 aromatic rings.